The van der Waals surface area contributed by atoms with Gasteiger partial charge in [-0.2, -0.15) is 0 Å². The minimum absolute atomic E-state index is 0.629. The number of anilines is 1. The predicted octanol–water partition coefficient (Wildman–Crippen LogP) is 2.08. The lowest BCUT2D eigenvalue weighted by Gasteiger charge is -2.33. The molecule has 2 atom stereocenters. The molecule has 0 amide bonds. The number of aromatic nitrogens is 2. The Morgan fingerprint density at radius 2 is 1.65 bits per heavy atom. The molecule has 2 aliphatic rings. The van der Waals surface area contributed by atoms with Crippen molar-refractivity contribution in [2.45, 2.75) is 24.9 Å². The topological polar surface area (TPSA) is 41.0 Å². The van der Waals surface area contributed by atoms with Gasteiger partial charge in [0.05, 0.1) is 5.69 Å². The third-order valence-corrected chi connectivity index (χ3v) is 4.26. The number of fused-ring (bicyclic) bond motifs is 2. The number of nitrogens with zero attached hydrogens (tertiary/aromatic N) is 3. The Hall–Kier alpha value is -1.94. The summed E-state index contributed by atoms with van der Waals surface area (Å²) in [6, 6.07) is 15.6. The summed E-state index contributed by atoms with van der Waals surface area (Å²) in [7, 11) is 0. The molecule has 1 N–H and O–H groups in total. The summed E-state index contributed by atoms with van der Waals surface area (Å²) in [4.78, 5) is 2.36. The summed E-state index contributed by atoms with van der Waals surface area (Å²) in [6.07, 6.45) is 2.58. The second-order valence-corrected chi connectivity index (χ2v) is 5.69. The van der Waals surface area contributed by atoms with Gasteiger partial charge in [0.1, 0.15) is 0 Å². The van der Waals surface area contributed by atoms with Gasteiger partial charge in [-0.05, 0) is 25.0 Å². The summed E-state index contributed by atoms with van der Waals surface area (Å²) in [5.41, 5.74) is 2.05. The zero-order chi connectivity index (χ0) is 13.4. The van der Waals surface area contributed by atoms with Crippen molar-refractivity contribution in [2.24, 2.45) is 0 Å². The fourth-order valence-electron chi connectivity index (χ4n) is 3.24. The summed E-state index contributed by atoms with van der Waals surface area (Å²) in [5.74, 6) is 1.00. The average molecular weight is 266 g/mol. The maximum Gasteiger partial charge on any atom is 0.151 e. The number of piperazine rings is 1. The molecule has 102 valence electrons. The van der Waals surface area contributed by atoms with E-state index in [9.17, 15) is 0 Å². The first kappa shape index (κ1) is 11.9. The highest BCUT2D eigenvalue weighted by Crippen LogP contribution is 2.24. The number of hydrogen-bond acceptors (Lipinski definition) is 4. The zero-order valence-electron chi connectivity index (χ0n) is 11.4. The van der Waals surface area contributed by atoms with E-state index < -0.39 is 0 Å². The number of nitrogens with one attached hydrogen (secondary N) is 1. The first-order valence-electron chi connectivity index (χ1n) is 7.28. The average Bonchev–Trinajstić information content (AvgIpc) is 2.87. The van der Waals surface area contributed by atoms with Crippen LogP contribution in [0.25, 0.3) is 11.3 Å². The van der Waals surface area contributed by atoms with Gasteiger partial charge in [-0.3, -0.25) is 0 Å². The third-order valence-electron chi connectivity index (χ3n) is 4.26. The van der Waals surface area contributed by atoms with Crippen LogP contribution < -0.4 is 10.2 Å². The molecule has 2 unspecified atom stereocenters. The van der Waals surface area contributed by atoms with E-state index in [-0.39, 0.29) is 0 Å². The SMILES string of the molecule is c1ccc(-c2ccc(N3CC4CCC(C3)N4)nn2)cc1. The first-order valence-corrected chi connectivity index (χ1v) is 7.28. The first-order chi connectivity index (χ1) is 9.88. The van der Waals surface area contributed by atoms with E-state index in [1.807, 2.05) is 18.2 Å². The van der Waals surface area contributed by atoms with Crippen LogP contribution in [0.15, 0.2) is 42.5 Å². The lowest BCUT2D eigenvalue weighted by molar-refractivity contribution is 0.462. The quantitative estimate of drug-likeness (QED) is 0.903. The molecule has 2 saturated heterocycles. The Morgan fingerprint density at radius 3 is 2.30 bits per heavy atom. The van der Waals surface area contributed by atoms with Crippen molar-refractivity contribution in [1.82, 2.24) is 15.5 Å². The Bertz CT molecular complexity index is 569. The maximum atomic E-state index is 4.42. The number of rotatable bonds is 2. The van der Waals surface area contributed by atoms with E-state index >= 15 is 0 Å². The van der Waals surface area contributed by atoms with Crippen LogP contribution in [-0.4, -0.2) is 35.4 Å². The molecule has 1 aromatic heterocycles. The summed E-state index contributed by atoms with van der Waals surface area (Å²) >= 11 is 0. The monoisotopic (exact) mass is 266 g/mol. The summed E-state index contributed by atoms with van der Waals surface area (Å²) in [5, 5.41) is 12.4. The molecule has 0 radical (unpaired) electrons. The van der Waals surface area contributed by atoms with Crippen LogP contribution >= 0.6 is 0 Å². The van der Waals surface area contributed by atoms with E-state index in [1.54, 1.807) is 0 Å². The minimum atomic E-state index is 0.629. The van der Waals surface area contributed by atoms with E-state index in [2.05, 4.69) is 44.7 Å². The van der Waals surface area contributed by atoms with Crippen LogP contribution in [0.3, 0.4) is 0 Å². The van der Waals surface area contributed by atoms with Gasteiger partial charge in [0, 0.05) is 30.7 Å². The predicted molar refractivity (Wildman–Crippen MR) is 79.6 cm³/mol. The van der Waals surface area contributed by atoms with Crippen molar-refractivity contribution in [3.63, 3.8) is 0 Å². The van der Waals surface area contributed by atoms with Crippen molar-refractivity contribution in [2.75, 3.05) is 18.0 Å². The highest BCUT2D eigenvalue weighted by atomic mass is 15.3. The lowest BCUT2D eigenvalue weighted by Crippen LogP contribution is -2.51. The van der Waals surface area contributed by atoms with Crippen molar-refractivity contribution in [1.29, 1.82) is 0 Å². The van der Waals surface area contributed by atoms with Crippen LogP contribution in [0.2, 0.25) is 0 Å². The van der Waals surface area contributed by atoms with Gasteiger partial charge in [-0.15, -0.1) is 10.2 Å². The number of hydrogen-bond donors (Lipinski definition) is 1. The third kappa shape index (κ3) is 2.16. The molecular weight excluding hydrogens is 248 g/mol. The maximum absolute atomic E-state index is 4.42. The van der Waals surface area contributed by atoms with Crippen LogP contribution in [0.1, 0.15) is 12.8 Å². The van der Waals surface area contributed by atoms with Gasteiger partial charge < -0.3 is 10.2 Å². The molecule has 0 saturated carbocycles. The standard InChI is InChI=1S/C16H18N4/c1-2-4-12(5-3-1)15-8-9-16(19-18-15)20-10-13-6-7-14(11-20)17-13/h1-5,8-9,13-14,17H,6-7,10-11H2. The molecular formula is C16H18N4. The largest absolute Gasteiger partial charge is 0.352 e. The van der Waals surface area contributed by atoms with Gasteiger partial charge in [0.15, 0.2) is 5.82 Å². The molecule has 0 aliphatic carbocycles. The van der Waals surface area contributed by atoms with Gasteiger partial charge in [0.25, 0.3) is 0 Å². The zero-order valence-corrected chi connectivity index (χ0v) is 11.4. The Labute approximate surface area is 118 Å². The van der Waals surface area contributed by atoms with Gasteiger partial charge in [-0.1, -0.05) is 30.3 Å². The Morgan fingerprint density at radius 1 is 0.900 bits per heavy atom. The van der Waals surface area contributed by atoms with Crippen molar-refractivity contribution in [3.05, 3.63) is 42.5 Å². The van der Waals surface area contributed by atoms with Crippen LogP contribution in [0, 0.1) is 0 Å². The van der Waals surface area contributed by atoms with Crippen molar-refractivity contribution < 1.29 is 0 Å². The van der Waals surface area contributed by atoms with Gasteiger partial charge >= 0.3 is 0 Å². The number of benzene rings is 1. The van der Waals surface area contributed by atoms with E-state index in [0.717, 1.165) is 30.2 Å². The molecule has 4 heteroatoms. The Balaban J connectivity index is 1.56. The fraction of sp³-hybridized carbons (Fsp3) is 0.375. The minimum Gasteiger partial charge on any atom is -0.352 e. The van der Waals surface area contributed by atoms with Gasteiger partial charge in [-0.25, -0.2) is 0 Å². The smallest absolute Gasteiger partial charge is 0.151 e. The van der Waals surface area contributed by atoms with Crippen molar-refractivity contribution >= 4 is 5.82 Å². The molecule has 1 aromatic carbocycles. The van der Waals surface area contributed by atoms with Crippen LogP contribution in [0.4, 0.5) is 5.82 Å². The molecule has 2 fully saturated rings. The second-order valence-electron chi connectivity index (χ2n) is 5.69. The molecule has 4 rings (SSSR count). The van der Waals surface area contributed by atoms with E-state index in [0.29, 0.717) is 12.1 Å². The summed E-state index contributed by atoms with van der Waals surface area (Å²) < 4.78 is 0. The normalized spacial score (nSPS) is 24.9. The summed E-state index contributed by atoms with van der Waals surface area (Å²) in [6.45, 7) is 2.10. The van der Waals surface area contributed by atoms with E-state index in [1.165, 1.54) is 12.8 Å². The molecule has 20 heavy (non-hydrogen) atoms. The molecule has 0 spiro atoms. The van der Waals surface area contributed by atoms with Crippen molar-refractivity contribution in [3.8, 4) is 11.3 Å². The second kappa shape index (κ2) is 4.87. The molecule has 2 aliphatic heterocycles. The van der Waals surface area contributed by atoms with E-state index in [4.69, 9.17) is 0 Å². The lowest BCUT2D eigenvalue weighted by atomic mass is 10.1. The van der Waals surface area contributed by atoms with Crippen LogP contribution in [0.5, 0.6) is 0 Å². The van der Waals surface area contributed by atoms with Gasteiger partial charge in [0.2, 0.25) is 0 Å². The molecule has 2 bridgehead atoms. The highest BCUT2D eigenvalue weighted by molar-refractivity contribution is 5.59. The fourth-order valence-corrected chi connectivity index (χ4v) is 3.24. The van der Waals surface area contributed by atoms with Crippen LogP contribution in [-0.2, 0) is 0 Å². The molecule has 4 nitrogen and oxygen atoms in total. The Kier molecular flexibility index (Phi) is 2.89. The highest BCUT2D eigenvalue weighted by Gasteiger charge is 2.32. The molecule has 2 aromatic rings. The molecule has 3 heterocycles.